The predicted molar refractivity (Wildman–Crippen MR) is 125 cm³/mol. The number of hydrogen-bond donors (Lipinski definition) is 2. The first kappa shape index (κ1) is 21.1. The molecule has 0 aliphatic rings. The molecule has 3 aromatic carbocycles. The highest BCUT2D eigenvalue weighted by molar-refractivity contribution is 6.06. The predicted octanol–water partition coefficient (Wildman–Crippen LogP) is 5.62. The smallest absolute Gasteiger partial charge is 0.316 e. The van der Waals surface area contributed by atoms with E-state index < -0.39 is 5.91 Å². The molecule has 4 aromatic rings. The van der Waals surface area contributed by atoms with Crippen LogP contribution < -0.4 is 5.32 Å². The van der Waals surface area contributed by atoms with Crippen LogP contribution in [0.4, 0.5) is 5.69 Å². The molecule has 1 heterocycles. The number of benzene rings is 3. The van der Waals surface area contributed by atoms with Gasteiger partial charge in [0.15, 0.2) is 0 Å². The zero-order chi connectivity index (χ0) is 23.0. The highest BCUT2D eigenvalue weighted by Crippen LogP contribution is 2.29. The van der Waals surface area contributed by atoms with E-state index in [0.717, 1.165) is 39.0 Å². The first-order valence-electron chi connectivity index (χ1n) is 10.1. The number of aryl methyl sites for hydroxylation is 4. The Kier molecular flexibility index (Phi) is 5.40. The van der Waals surface area contributed by atoms with E-state index in [2.05, 4.69) is 20.5 Å². The minimum absolute atomic E-state index is 0.206. The van der Waals surface area contributed by atoms with Gasteiger partial charge in [0, 0.05) is 27.6 Å². The standard InChI is InChI=1S/C25H22N4O3/c1-13-5-7-19(11-14(13)2)26-24(30)17-6-8-20-21(12-17)28-23(27-20)22-15(3)9-18(10-16(22)4)25(31)29-32/h5-12H,1-4H3,(H,26,30)(H,27,28). The van der Waals surface area contributed by atoms with Crippen molar-refractivity contribution in [1.82, 2.24) is 9.97 Å². The summed E-state index contributed by atoms with van der Waals surface area (Å²) >= 11 is 0. The summed E-state index contributed by atoms with van der Waals surface area (Å²) in [5.74, 6) is -0.380. The maximum atomic E-state index is 12.8. The molecule has 2 N–H and O–H groups in total. The third kappa shape index (κ3) is 3.92. The number of anilines is 1. The number of carbonyl (C=O) groups is 2. The zero-order valence-corrected chi connectivity index (χ0v) is 18.2. The van der Waals surface area contributed by atoms with Crippen molar-refractivity contribution in [2.75, 3.05) is 5.32 Å². The van der Waals surface area contributed by atoms with Crippen LogP contribution in [-0.2, 0) is 0 Å². The highest BCUT2D eigenvalue weighted by Gasteiger charge is 2.16. The number of aromatic amines is 1. The van der Waals surface area contributed by atoms with Crippen LogP contribution in [0, 0.1) is 32.6 Å². The van der Waals surface area contributed by atoms with Crippen LogP contribution in [0.25, 0.3) is 22.4 Å². The lowest BCUT2D eigenvalue weighted by atomic mass is 9.98. The number of imidazole rings is 1. The normalized spacial score (nSPS) is 10.9. The van der Waals surface area contributed by atoms with Crippen LogP contribution in [0.1, 0.15) is 43.0 Å². The monoisotopic (exact) mass is 426 g/mol. The summed E-state index contributed by atoms with van der Waals surface area (Å²) in [4.78, 5) is 42.9. The summed E-state index contributed by atoms with van der Waals surface area (Å²) < 4.78 is 0. The van der Waals surface area contributed by atoms with Crippen LogP contribution in [0.3, 0.4) is 0 Å². The van der Waals surface area contributed by atoms with Crippen LogP contribution in [0.2, 0.25) is 0 Å². The van der Waals surface area contributed by atoms with Gasteiger partial charge in [-0.1, -0.05) is 6.07 Å². The molecule has 32 heavy (non-hydrogen) atoms. The Labute approximate surface area is 184 Å². The Morgan fingerprint density at radius 1 is 0.844 bits per heavy atom. The molecule has 0 unspecified atom stereocenters. The molecular weight excluding hydrogens is 404 g/mol. The van der Waals surface area contributed by atoms with Gasteiger partial charge in [-0.2, -0.15) is 0 Å². The second-order valence-corrected chi connectivity index (χ2v) is 7.95. The lowest BCUT2D eigenvalue weighted by molar-refractivity contribution is 0.0998. The lowest BCUT2D eigenvalue weighted by Gasteiger charge is -2.08. The molecule has 0 aliphatic heterocycles. The molecule has 0 saturated heterocycles. The quantitative estimate of drug-likeness (QED) is 0.413. The van der Waals surface area contributed by atoms with Crippen LogP contribution in [-0.4, -0.2) is 21.8 Å². The van der Waals surface area contributed by atoms with Crippen molar-refractivity contribution < 1.29 is 9.59 Å². The largest absolute Gasteiger partial charge is 0.338 e. The second kappa shape index (κ2) is 8.19. The number of nitrogens with one attached hydrogen (secondary N) is 2. The molecule has 0 atom stereocenters. The Balaban J connectivity index is 1.66. The van der Waals surface area contributed by atoms with Gasteiger partial charge in [0.2, 0.25) is 0 Å². The van der Waals surface area contributed by atoms with Crippen LogP contribution >= 0.6 is 0 Å². The van der Waals surface area contributed by atoms with E-state index in [4.69, 9.17) is 0 Å². The zero-order valence-electron chi connectivity index (χ0n) is 18.2. The molecular formula is C25H22N4O3. The third-order valence-electron chi connectivity index (χ3n) is 5.61. The third-order valence-corrected chi connectivity index (χ3v) is 5.61. The van der Waals surface area contributed by atoms with Gasteiger partial charge in [0.25, 0.3) is 5.91 Å². The van der Waals surface area contributed by atoms with E-state index in [0.29, 0.717) is 11.4 Å². The number of carbonyl (C=O) groups excluding carboxylic acids is 2. The first-order valence-corrected chi connectivity index (χ1v) is 10.1. The highest BCUT2D eigenvalue weighted by atomic mass is 16.3. The molecule has 0 spiro atoms. The molecule has 0 aliphatic carbocycles. The van der Waals surface area contributed by atoms with Crippen molar-refractivity contribution in [3.05, 3.63) is 86.8 Å². The number of H-pyrrole nitrogens is 1. The average molecular weight is 426 g/mol. The van der Waals surface area contributed by atoms with E-state index >= 15 is 0 Å². The van der Waals surface area contributed by atoms with E-state index in [1.807, 2.05) is 45.9 Å². The Morgan fingerprint density at radius 3 is 2.22 bits per heavy atom. The van der Waals surface area contributed by atoms with Gasteiger partial charge in [0.05, 0.1) is 11.0 Å². The molecule has 0 bridgehead atoms. The number of fused-ring (bicyclic) bond motifs is 1. The maximum Gasteiger partial charge on any atom is 0.316 e. The van der Waals surface area contributed by atoms with Gasteiger partial charge in [-0.05, 0) is 92.4 Å². The van der Waals surface area contributed by atoms with Crippen molar-refractivity contribution in [2.45, 2.75) is 27.7 Å². The van der Waals surface area contributed by atoms with Gasteiger partial charge in [-0.3, -0.25) is 9.59 Å². The molecule has 7 heteroatoms. The van der Waals surface area contributed by atoms with Crippen molar-refractivity contribution >= 4 is 28.5 Å². The molecule has 0 saturated carbocycles. The van der Waals surface area contributed by atoms with E-state index in [-0.39, 0.29) is 11.5 Å². The summed E-state index contributed by atoms with van der Waals surface area (Å²) in [7, 11) is 0. The number of hydrogen-bond acceptors (Lipinski definition) is 4. The number of nitroso groups, excluding NO2 is 1. The molecule has 2 amide bonds. The molecule has 4 rings (SSSR count). The fourth-order valence-electron chi connectivity index (χ4n) is 3.80. The van der Waals surface area contributed by atoms with Crippen molar-refractivity contribution in [3.8, 4) is 11.4 Å². The van der Waals surface area contributed by atoms with E-state index in [9.17, 15) is 14.5 Å². The summed E-state index contributed by atoms with van der Waals surface area (Å²) in [5, 5.41) is 5.42. The van der Waals surface area contributed by atoms with Crippen LogP contribution in [0.5, 0.6) is 0 Å². The summed E-state index contributed by atoms with van der Waals surface area (Å²) in [6, 6.07) is 14.4. The molecule has 7 nitrogen and oxygen atoms in total. The number of aromatic nitrogens is 2. The van der Waals surface area contributed by atoms with Crippen molar-refractivity contribution in [1.29, 1.82) is 0 Å². The average Bonchev–Trinajstić information content (AvgIpc) is 3.17. The van der Waals surface area contributed by atoms with Gasteiger partial charge in [0.1, 0.15) is 5.82 Å². The molecule has 0 fully saturated rings. The fourth-order valence-corrected chi connectivity index (χ4v) is 3.80. The molecule has 160 valence electrons. The Morgan fingerprint density at radius 2 is 1.56 bits per heavy atom. The van der Waals surface area contributed by atoms with Crippen LogP contribution in [0.15, 0.2) is 53.7 Å². The number of amides is 2. The van der Waals surface area contributed by atoms with Crippen molar-refractivity contribution in [2.24, 2.45) is 5.18 Å². The number of nitrogens with zero attached hydrogens (tertiary/aromatic N) is 2. The Bertz CT molecular complexity index is 1380. The molecule has 0 radical (unpaired) electrons. The van der Waals surface area contributed by atoms with Gasteiger partial charge in [-0.15, -0.1) is 4.91 Å². The minimum Gasteiger partial charge on any atom is -0.338 e. The molecule has 1 aromatic heterocycles. The van der Waals surface area contributed by atoms with Gasteiger partial charge >= 0.3 is 5.91 Å². The lowest BCUT2D eigenvalue weighted by Crippen LogP contribution is -2.11. The maximum absolute atomic E-state index is 12.8. The summed E-state index contributed by atoms with van der Waals surface area (Å²) in [5.41, 5.74) is 7.65. The topological polar surface area (TPSA) is 104 Å². The van der Waals surface area contributed by atoms with E-state index in [1.54, 1.807) is 30.3 Å². The number of rotatable bonds is 4. The summed E-state index contributed by atoms with van der Waals surface area (Å²) in [6.07, 6.45) is 0. The Hall–Kier alpha value is -4.13. The van der Waals surface area contributed by atoms with Crippen molar-refractivity contribution in [3.63, 3.8) is 0 Å². The SMILES string of the molecule is Cc1ccc(NC(=O)c2ccc3nc(-c4c(C)cc(C(=O)N=O)cc4C)[nH]c3c2)cc1C. The second-order valence-electron chi connectivity index (χ2n) is 7.95. The first-order chi connectivity index (χ1) is 15.3. The summed E-state index contributed by atoms with van der Waals surface area (Å²) in [6.45, 7) is 7.73. The van der Waals surface area contributed by atoms with Gasteiger partial charge < -0.3 is 10.3 Å². The minimum atomic E-state index is -0.799. The fraction of sp³-hybridized carbons (Fsp3) is 0.160. The van der Waals surface area contributed by atoms with Gasteiger partial charge in [-0.25, -0.2) is 4.98 Å². The van der Waals surface area contributed by atoms with E-state index in [1.165, 1.54) is 5.56 Å².